The Morgan fingerprint density at radius 3 is 2.50 bits per heavy atom. The highest BCUT2D eigenvalue weighted by Crippen LogP contribution is 2.15. The van der Waals surface area contributed by atoms with Crippen molar-refractivity contribution in [1.82, 2.24) is 14.9 Å². The van der Waals surface area contributed by atoms with Gasteiger partial charge in [0.15, 0.2) is 0 Å². The molecule has 1 aromatic carbocycles. The van der Waals surface area contributed by atoms with Crippen LogP contribution in [0.4, 0.5) is 20.4 Å². The van der Waals surface area contributed by atoms with Crippen LogP contribution in [0.2, 0.25) is 0 Å². The molecule has 0 atom stereocenters. The molecule has 0 aliphatic carbocycles. The number of nitrogens with one attached hydrogen (secondary N) is 1. The maximum Gasteiger partial charge on any atom is 0.241 e. The molecule has 1 aliphatic rings. The third kappa shape index (κ3) is 3.76. The van der Waals surface area contributed by atoms with E-state index < -0.39 is 11.6 Å². The molecular formula is C16H17F2N5O. The Morgan fingerprint density at radius 2 is 1.83 bits per heavy atom. The van der Waals surface area contributed by atoms with Crippen LogP contribution in [0.5, 0.6) is 0 Å². The summed E-state index contributed by atoms with van der Waals surface area (Å²) in [7, 11) is 0. The van der Waals surface area contributed by atoms with Gasteiger partial charge in [0, 0.05) is 44.6 Å². The Labute approximate surface area is 138 Å². The molecule has 1 amide bonds. The SMILES string of the molecule is O=C(CNc1ccc(F)cc1F)N1CCN(c2ncccn2)CC1. The van der Waals surface area contributed by atoms with E-state index in [0.29, 0.717) is 32.1 Å². The molecule has 1 fully saturated rings. The number of carbonyl (C=O) groups excluding carboxylic acids is 1. The Hall–Kier alpha value is -2.77. The average Bonchev–Trinajstić information content (AvgIpc) is 2.62. The number of rotatable bonds is 4. The first kappa shape index (κ1) is 16.1. The maximum absolute atomic E-state index is 13.5. The van der Waals surface area contributed by atoms with E-state index in [2.05, 4.69) is 15.3 Å². The lowest BCUT2D eigenvalue weighted by atomic mass is 10.3. The fraction of sp³-hybridized carbons (Fsp3) is 0.312. The van der Waals surface area contributed by atoms with Crippen molar-refractivity contribution in [3.05, 3.63) is 48.3 Å². The molecule has 1 N–H and O–H groups in total. The molecule has 1 aliphatic heterocycles. The minimum absolute atomic E-state index is 0.0373. The van der Waals surface area contributed by atoms with E-state index in [-0.39, 0.29) is 18.1 Å². The number of piperazine rings is 1. The van der Waals surface area contributed by atoms with Crippen molar-refractivity contribution in [2.45, 2.75) is 0 Å². The molecule has 8 heteroatoms. The summed E-state index contributed by atoms with van der Waals surface area (Å²) in [4.78, 5) is 24.3. The van der Waals surface area contributed by atoms with E-state index in [1.807, 2.05) is 4.90 Å². The smallest absolute Gasteiger partial charge is 0.241 e. The highest BCUT2D eigenvalue weighted by molar-refractivity contribution is 5.81. The van der Waals surface area contributed by atoms with Gasteiger partial charge in [-0.15, -0.1) is 0 Å². The van der Waals surface area contributed by atoms with E-state index in [0.717, 1.165) is 12.1 Å². The number of benzene rings is 1. The fourth-order valence-corrected chi connectivity index (χ4v) is 2.53. The maximum atomic E-state index is 13.5. The van der Waals surface area contributed by atoms with Gasteiger partial charge in [-0.3, -0.25) is 4.79 Å². The number of hydrogen-bond donors (Lipinski definition) is 1. The Morgan fingerprint density at radius 1 is 1.12 bits per heavy atom. The van der Waals surface area contributed by atoms with Crippen LogP contribution < -0.4 is 10.2 Å². The number of aromatic nitrogens is 2. The summed E-state index contributed by atoms with van der Waals surface area (Å²) in [6.07, 6.45) is 3.36. The van der Waals surface area contributed by atoms with Crippen molar-refractivity contribution in [3.63, 3.8) is 0 Å². The zero-order chi connectivity index (χ0) is 16.9. The highest BCUT2D eigenvalue weighted by atomic mass is 19.1. The molecule has 0 bridgehead atoms. The zero-order valence-electron chi connectivity index (χ0n) is 13.0. The van der Waals surface area contributed by atoms with Gasteiger partial charge < -0.3 is 15.1 Å². The lowest BCUT2D eigenvalue weighted by molar-refractivity contribution is -0.129. The van der Waals surface area contributed by atoms with Gasteiger partial charge in [0.25, 0.3) is 0 Å². The summed E-state index contributed by atoms with van der Waals surface area (Å²) < 4.78 is 26.4. The third-order valence-corrected chi connectivity index (χ3v) is 3.83. The normalized spacial score (nSPS) is 14.6. The molecule has 2 aromatic rings. The van der Waals surface area contributed by atoms with Gasteiger partial charge in [-0.1, -0.05) is 0 Å². The van der Waals surface area contributed by atoms with Crippen molar-refractivity contribution >= 4 is 17.5 Å². The second-order valence-electron chi connectivity index (χ2n) is 5.39. The van der Waals surface area contributed by atoms with Gasteiger partial charge in [-0.05, 0) is 18.2 Å². The predicted molar refractivity (Wildman–Crippen MR) is 85.7 cm³/mol. The number of amides is 1. The molecule has 6 nitrogen and oxygen atoms in total. The van der Waals surface area contributed by atoms with Crippen LogP contribution in [0.1, 0.15) is 0 Å². The predicted octanol–water partition coefficient (Wildman–Crippen LogP) is 1.52. The van der Waals surface area contributed by atoms with Crippen LogP contribution in [-0.4, -0.2) is 53.5 Å². The van der Waals surface area contributed by atoms with E-state index in [1.165, 1.54) is 6.07 Å². The average molecular weight is 333 g/mol. The minimum Gasteiger partial charge on any atom is -0.374 e. The molecule has 1 aromatic heterocycles. The summed E-state index contributed by atoms with van der Waals surface area (Å²) in [5.41, 5.74) is 0.112. The first-order chi connectivity index (χ1) is 11.6. The van der Waals surface area contributed by atoms with Gasteiger partial charge in [-0.25, -0.2) is 18.7 Å². The summed E-state index contributed by atoms with van der Waals surface area (Å²) in [6, 6.07) is 4.96. The molecule has 2 heterocycles. The summed E-state index contributed by atoms with van der Waals surface area (Å²) in [6.45, 7) is 2.33. The summed E-state index contributed by atoms with van der Waals surface area (Å²) in [5, 5.41) is 2.71. The number of halogens is 2. The van der Waals surface area contributed by atoms with Gasteiger partial charge in [0.05, 0.1) is 12.2 Å². The van der Waals surface area contributed by atoms with Crippen LogP contribution in [-0.2, 0) is 4.79 Å². The van der Waals surface area contributed by atoms with Crippen molar-refractivity contribution in [2.24, 2.45) is 0 Å². The van der Waals surface area contributed by atoms with Crippen LogP contribution in [0, 0.1) is 11.6 Å². The van der Waals surface area contributed by atoms with E-state index in [9.17, 15) is 13.6 Å². The Balaban J connectivity index is 1.50. The lowest BCUT2D eigenvalue weighted by Crippen LogP contribution is -2.50. The number of carbonyl (C=O) groups is 1. The van der Waals surface area contributed by atoms with Gasteiger partial charge in [0.1, 0.15) is 11.6 Å². The van der Waals surface area contributed by atoms with Crippen LogP contribution in [0.25, 0.3) is 0 Å². The first-order valence-corrected chi connectivity index (χ1v) is 7.62. The number of anilines is 2. The summed E-state index contributed by atoms with van der Waals surface area (Å²) >= 11 is 0. The Kier molecular flexibility index (Phi) is 4.83. The first-order valence-electron chi connectivity index (χ1n) is 7.62. The van der Waals surface area contributed by atoms with Crippen molar-refractivity contribution in [3.8, 4) is 0 Å². The Bertz CT molecular complexity index is 705. The number of hydrogen-bond acceptors (Lipinski definition) is 5. The van der Waals surface area contributed by atoms with Gasteiger partial charge >= 0.3 is 0 Å². The third-order valence-electron chi connectivity index (χ3n) is 3.83. The van der Waals surface area contributed by atoms with E-state index in [4.69, 9.17) is 0 Å². The van der Waals surface area contributed by atoms with E-state index in [1.54, 1.807) is 23.4 Å². The topological polar surface area (TPSA) is 61.4 Å². The van der Waals surface area contributed by atoms with Crippen LogP contribution >= 0.6 is 0 Å². The molecule has 0 unspecified atom stereocenters. The molecule has 3 rings (SSSR count). The fourth-order valence-electron chi connectivity index (χ4n) is 2.53. The lowest BCUT2D eigenvalue weighted by Gasteiger charge is -2.34. The van der Waals surface area contributed by atoms with Crippen molar-refractivity contribution < 1.29 is 13.6 Å². The second kappa shape index (κ2) is 7.20. The standard InChI is InChI=1S/C16H17F2N5O/c17-12-2-3-14(13(18)10-12)21-11-15(24)22-6-8-23(9-7-22)16-19-4-1-5-20-16/h1-5,10,21H,6-9,11H2. The van der Waals surface area contributed by atoms with Crippen molar-refractivity contribution in [1.29, 1.82) is 0 Å². The van der Waals surface area contributed by atoms with Crippen LogP contribution in [0.15, 0.2) is 36.7 Å². The van der Waals surface area contributed by atoms with Crippen molar-refractivity contribution in [2.75, 3.05) is 42.9 Å². The largest absolute Gasteiger partial charge is 0.374 e. The number of nitrogens with zero attached hydrogens (tertiary/aromatic N) is 4. The molecule has 24 heavy (non-hydrogen) atoms. The van der Waals surface area contributed by atoms with E-state index >= 15 is 0 Å². The highest BCUT2D eigenvalue weighted by Gasteiger charge is 2.22. The molecule has 0 spiro atoms. The molecule has 0 radical (unpaired) electrons. The van der Waals surface area contributed by atoms with Gasteiger partial charge in [0.2, 0.25) is 11.9 Å². The quantitative estimate of drug-likeness (QED) is 0.919. The van der Waals surface area contributed by atoms with Gasteiger partial charge in [-0.2, -0.15) is 0 Å². The second-order valence-corrected chi connectivity index (χ2v) is 5.39. The molecule has 126 valence electrons. The summed E-state index contributed by atoms with van der Waals surface area (Å²) in [5.74, 6) is -0.846. The monoisotopic (exact) mass is 333 g/mol. The van der Waals surface area contributed by atoms with Crippen LogP contribution in [0.3, 0.4) is 0 Å². The minimum atomic E-state index is -0.714. The molecule has 1 saturated heterocycles. The zero-order valence-corrected chi connectivity index (χ0v) is 13.0. The molecule has 0 saturated carbocycles. The molecular weight excluding hydrogens is 316 g/mol.